The molecule has 0 radical (unpaired) electrons. The lowest BCUT2D eigenvalue weighted by Crippen LogP contribution is -2.26. The SMILES string of the molecule is O=S(=O)(NCCCC(F)(F)F)c1ccc2c(c1)CCCN2. The van der Waals surface area contributed by atoms with Crippen molar-refractivity contribution >= 4 is 15.7 Å². The Kier molecular flexibility index (Phi) is 4.77. The Morgan fingerprint density at radius 2 is 2.05 bits per heavy atom. The van der Waals surface area contributed by atoms with Gasteiger partial charge in [-0.1, -0.05) is 0 Å². The Balaban J connectivity index is 1.99. The zero-order valence-electron chi connectivity index (χ0n) is 11.3. The summed E-state index contributed by atoms with van der Waals surface area (Å²) in [6.45, 7) is 0.631. The quantitative estimate of drug-likeness (QED) is 0.820. The maximum atomic E-state index is 12.0. The molecule has 0 aromatic heterocycles. The van der Waals surface area contributed by atoms with Crippen LogP contribution in [-0.2, 0) is 16.4 Å². The predicted molar refractivity (Wildman–Crippen MR) is 73.7 cm³/mol. The fourth-order valence-corrected chi connectivity index (χ4v) is 3.32. The smallest absolute Gasteiger partial charge is 0.385 e. The van der Waals surface area contributed by atoms with Gasteiger partial charge >= 0.3 is 6.18 Å². The number of hydrogen-bond donors (Lipinski definition) is 2. The third-order valence-electron chi connectivity index (χ3n) is 3.25. The number of alkyl halides is 3. The van der Waals surface area contributed by atoms with Crippen molar-refractivity contribution in [2.75, 3.05) is 18.4 Å². The van der Waals surface area contributed by atoms with E-state index in [-0.39, 0.29) is 17.9 Å². The van der Waals surface area contributed by atoms with E-state index in [0.717, 1.165) is 30.6 Å². The highest BCUT2D eigenvalue weighted by atomic mass is 32.2. The van der Waals surface area contributed by atoms with Gasteiger partial charge in [-0.05, 0) is 43.0 Å². The van der Waals surface area contributed by atoms with Crippen LogP contribution in [0.25, 0.3) is 0 Å². The van der Waals surface area contributed by atoms with Gasteiger partial charge < -0.3 is 5.32 Å². The van der Waals surface area contributed by atoms with Crippen molar-refractivity contribution in [3.05, 3.63) is 23.8 Å². The number of anilines is 1. The van der Waals surface area contributed by atoms with Crippen molar-refractivity contribution in [3.8, 4) is 0 Å². The number of halogens is 3. The van der Waals surface area contributed by atoms with E-state index >= 15 is 0 Å². The fraction of sp³-hybridized carbons (Fsp3) is 0.538. The first-order valence-corrected chi connectivity index (χ1v) is 8.19. The number of sulfonamides is 1. The van der Waals surface area contributed by atoms with E-state index in [4.69, 9.17) is 0 Å². The molecular formula is C13H17F3N2O2S. The Hall–Kier alpha value is -1.28. The van der Waals surface area contributed by atoms with Gasteiger partial charge in [0, 0.05) is 25.2 Å². The number of nitrogens with one attached hydrogen (secondary N) is 2. The first-order chi connectivity index (χ1) is 9.78. The van der Waals surface area contributed by atoms with Gasteiger partial charge in [0.1, 0.15) is 0 Å². The minimum absolute atomic E-state index is 0.0944. The molecule has 0 amide bonds. The lowest BCUT2D eigenvalue weighted by atomic mass is 10.0. The molecule has 2 rings (SSSR count). The molecule has 118 valence electrons. The highest BCUT2D eigenvalue weighted by Crippen LogP contribution is 2.25. The Labute approximate surface area is 121 Å². The predicted octanol–water partition coefficient (Wildman–Crippen LogP) is 2.67. The Morgan fingerprint density at radius 1 is 1.29 bits per heavy atom. The normalized spacial score (nSPS) is 15.4. The van der Waals surface area contributed by atoms with Crippen molar-refractivity contribution in [3.63, 3.8) is 0 Å². The van der Waals surface area contributed by atoms with Crippen molar-refractivity contribution in [2.45, 2.75) is 36.8 Å². The number of hydrogen-bond acceptors (Lipinski definition) is 3. The highest BCUT2D eigenvalue weighted by molar-refractivity contribution is 7.89. The molecule has 0 saturated carbocycles. The molecule has 21 heavy (non-hydrogen) atoms. The van der Waals surface area contributed by atoms with Gasteiger partial charge in [0.25, 0.3) is 0 Å². The molecule has 1 aromatic rings. The van der Waals surface area contributed by atoms with E-state index in [1.54, 1.807) is 12.1 Å². The van der Waals surface area contributed by atoms with Gasteiger partial charge in [0.2, 0.25) is 10.0 Å². The summed E-state index contributed by atoms with van der Waals surface area (Å²) >= 11 is 0. The molecular weight excluding hydrogens is 305 g/mol. The number of benzene rings is 1. The van der Waals surface area contributed by atoms with Crippen molar-refractivity contribution in [1.82, 2.24) is 4.72 Å². The van der Waals surface area contributed by atoms with E-state index < -0.39 is 22.6 Å². The molecule has 0 fully saturated rings. The van der Waals surface area contributed by atoms with Crippen LogP contribution in [0.4, 0.5) is 18.9 Å². The molecule has 0 bridgehead atoms. The molecule has 0 aliphatic carbocycles. The van der Waals surface area contributed by atoms with E-state index in [0.29, 0.717) is 0 Å². The molecule has 1 aromatic carbocycles. The zero-order chi connectivity index (χ0) is 15.5. The second-order valence-electron chi connectivity index (χ2n) is 4.97. The maximum Gasteiger partial charge on any atom is 0.389 e. The van der Waals surface area contributed by atoms with Crippen LogP contribution < -0.4 is 10.0 Å². The lowest BCUT2D eigenvalue weighted by molar-refractivity contribution is -0.135. The van der Waals surface area contributed by atoms with Gasteiger partial charge in [-0.3, -0.25) is 0 Å². The zero-order valence-corrected chi connectivity index (χ0v) is 12.1. The summed E-state index contributed by atoms with van der Waals surface area (Å²) in [7, 11) is -3.76. The van der Waals surface area contributed by atoms with E-state index in [2.05, 4.69) is 10.0 Å². The average molecular weight is 322 g/mol. The van der Waals surface area contributed by atoms with Crippen molar-refractivity contribution in [1.29, 1.82) is 0 Å². The van der Waals surface area contributed by atoms with Crippen LogP contribution >= 0.6 is 0 Å². The molecule has 8 heteroatoms. The largest absolute Gasteiger partial charge is 0.389 e. The van der Waals surface area contributed by atoms with Crippen LogP contribution in [0.5, 0.6) is 0 Å². The number of aryl methyl sites for hydroxylation is 1. The van der Waals surface area contributed by atoms with Crippen molar-refractivity contribution < 1.29 is 21.6 Å². The van der Waals surface area contributed by atoms with E-state index in [9.17, 15) is 21.6 Å². The number of fused-ring (bicyclic) bond motifs is 1. The fourth-order valence-electron chi connectivity index (χ4n) is 2.20. The van der Waals surface area contributed by atoms with Crippen LogP contribution in [-0.4, -0.2) is 27.7 Å². The molecule has 2 N–H and O–H groups in total. The third-order valence-corrected chi connectivity index (χ3v) is 4.71. The minimum atomic E-state index is -4.26. The van der Waals surface area contributed by atoms with Crippen LogP contribution in [0.2, 0.25) is 0 Å². The second-order valence-corrected chi connectivity index (χ2v) is 6.73. The molecule has 0 atom stereocenters. The molecule has 0 spiro atoms. The summed E-state index contributed by atoms with van der Waals surface area (Å²) in [6, 6.07) is 4.73. The van der Waals surface area contributed by atoms with Crippen molar-refractivity contribution in [2.24, 2.45) is 0 Å². The highest BCUT2D eigenvalue weighted by Gasteiger charge is 2.26. The van der Waals surface area contributed by atoms with Crippen LogP contribution in [0, 0.1) is 0 Å². The summed E-state index contributed by atoms with van der Waals surface area (Å²) in [5.74, 6) is 0. The third kappa shape index (κ3) is 4.60. The van der Waals surface area contributed by atoms with E-state index in [1.807, 2.05) is 0 Å². The molecule has 1 aliphatic heterocycles. The van der Waals surface area contributed by atoms with Gasteiger partial charge in [-0.25, -0.2) is 13.1 Å². The second kappa shape index (κ2) is 6.23. The maximum absolute atomic E-state index is 12.0. The first kappa shape index (κ1) is 16.1. The topological polar surface area (TPSA) is 58.2 Å². The van der Waals surface area contributed by atoms with Gasteiger partial charge in [-0.2, -0.15) is 13.2 Å². The van der Waals surface area contributed by atoms with Gasteiger partial charge in [0.15, 0.2) is 0 Å². The standard InChI is InChI=1S/C13H17F3N2O2S/c14-13(15,16)6-2-8-18-21(19,20)11-4-5-12-10(9-11)3-1-7-17-12/h4-5,9,17-18H,1-3,6-8H2. The Bertz CT molecular complexity index is 600. The first-order valence-electron chi connectivity index (χ1n) is 6.71. The molecule has 0 unspecified atom stereocenters. The summed E-state index contributed by atoms with van der Waals surface area (Å²) in [6.07, 6.45) is -3.81. The van der Waals surface area contributed by atoms with Crippen LogP contribution in [0.3, 0.4) is 0 Å². The summed E-state index contributed by atoms with van der Waals surface area (Å²) in [5, 5.41) is 3.17. The molecule has 4 nitrogen and oxygen atoms in total. The van der Waals surface area contributed by atoms with Crippen LogP contribution in [0.1, 0.15) is 24.8 Å². The van der Waals surface area contributed by atoms with Gasteiger partial charge in [-0.15, -0.1) is 0 Å². The summed E-state index contributed by atoms with van der Waals surface area (Å²) in [5.41, 5.74) is 1.83. The average Bonchev–Trinajstić information content (AvgIpc) is 2.42. The summed E-state index contributed by atoms with van der Waals surface area (Å²) in [4.78, 5) is 0.0944. The van der Waals surface area contributed by atoms with E-state index in [1.165, 1.54) is 6.07 Å². The molecule has 0 saturated heterocycles. The lowest BCUT2D eigenvalue weighted by Gasteiger charge is -2.18. The van der Waals surface area contributed by atoms with Crippen LogP contribution in [0.15, 0.2) is 23.1 Å². The summed E-state index contributed by atoms with van der Waals surface area (Å²) < 4.78 is 62.3. The monoisotopic (exact) mass is 322 g/mol. The minimum Gasteiger partial charge on any atom is -0.385 e. The molecule has 1 aliphatic rings. The molecule has 1 heterocycles. The van der Waals surface area contributed by atoms with Gasteiger partial charge in [0.05, 0.1) is 4.90 Å². The number of rotatable bonds is 5. The Morgan fingerprint density at radius 3 is 2.76 bits per heavy atom.